The fraction of sp³-hybridized carbons (Fsp3) is 0.917. The Morgan fingerprint density at radius 1 is 1.03 bits per heavy atom. The summed E-state index contributed by atoms with van der Waals surface area (Å²) in [5.74, 6) is -0.507. The van der Waals surface area contributed by atoms with E-state index in [9.17, 15) is 21.6 Å². The van der Waals surface area contributed by atoms with Gasteiger partial charge < -0.3 is 8.61 Å². The summed E-state index contributed by atoms with van der Waals surface area (Å²) in [6.45, 7) is 19.9. The van der Waals surface area contributed by atoms with Gasteiger partial charge in [-0.2, -0.15) is 21.6 Å². The minimum absolute atomic E-state index is 0.0364. The molecule has 1 fully saturated rings. The quantitative estimate of drug-likeness (QED) is 0.167. The van der Waals surface area contributed by atoms with Crippen LogP contribution in [0, 0.1) is 11.3 Å². The van der Waals surface area contributed by atoms with Gasteiger partial charge in [-0.3, -0.25) is 0 Å². The van der Waals surface area contributed by atoms with Gasteiger partial charge in [0.25, 0.3) is 0 Å². The first-order valence-corrected chi connectivity index (χ1v) is 19.9. The van der Waals surface area contributed by atoms with E-state index in [4.69, 9.17) is 8.61 Å². The van der Waals surface area contributed by atoms with Gasteiger partial charge in [0.05, 0.1) is 6.10 Å². The van der Waals surface area contributed by atoms with Crippen molar-refractivity contribution in [2.45, 2.75) is 128 Å². The zero-order valence-electron chi connectivity index (χ0n) is 22.4. The van der Waals surface area contributed by atoms with Gasteiger partial charge in [-0.1, -0.05) is 73.6 Å². The Morgan fingerprint density at radius 3 is 2.00 bits per heavy atom. The van der Waals surface area contributed by atoms with Crippen LogP contribution in [0.3, 0.4) is 0 Å². The fourth-order valence-corrected chi connectivity index (χ4v) is 16.0. The molecule has 2 aliphatic carbocycles. The van der Waals surface area contributed by atoms with Crippen LogP contribution in [0.25, 0.3) is 0 Å². The summed E-state index contributed by atoms with van der Waals surface area (Å²) >= 11 is 0. The average Bonchev–Trinajstić information content (AvgIpc) is 2.62. The number of hydrogen-bond acceptors (Lipinski definition) is 4. The Bertz CT molecular complexity index is 825. The van der Waals surface area contributed by atoms with Crippen LogP contribution in [0.4, 0.5) is 13.2 Å². The largest absolute Gasteiger partial charge is 0.534 e. The van der Waals surface area contributed by atoms with Crippen molar-refractivity contribution in [3.05, 3.63) is 11.8 Å². The molecule has 0 amide bonds. The predicted molar refractivity (Wildman–Crippen MR) is 137 cm³/mol. The SMILES string of the molecule is CC(C)[Si](O[C@@H]1CCC[C@@]2(C[Si](C)(C)C)CCC=C(OS(=O)(=O)C(F)(F)F)[C@@H]12)(C(C)C)C(C)C. The molecular formula is C24H45F3O4SSi2. The summed E-state index contributed by atoms with van der Waals surface area (Å²) in [6.07, 6.45) is 5.13. The van der Waals surface area contributed by atoms with E-state index in [2.05, 4.69) is 61.2 Å². The van der Waals surface area contributed by atoms with Gasteiger partial charge in [0.1, 0.15) is 5.76 Å². The third kappa shape index (κ3) is 5.97. The second kappa shape index (κ2) is 10.2. The number of fused-ring (bicyclic) bond motifs is 1. The lowest BCUT2D eigenvalue weighted by Gasteiger charge is -2.55. The van der Waals surface area contributed by atoms with Crippen molar-refractivity contribution in [3.63, 3.8) is 0 Å². The Labute approximate surface area is 207 Å². The van der Waals surface area contributed by atoms with Gasteiger partial charge in [0, 0.05) is 14.0 Å². The molecular weight excluding hydrogens is 497 g/mol. The van der Waals surface area contributed by atoms with Gasteiger partial charge in [0.2, 0.25) is 8.32 Å². The molecule has 0 spiro atoms. The van der Waals surface area contributed by atoms with Crippen LogP contribution in [0.2, 0.25) is 42.3 Å². The van der Waals surface area contributed by atoms with E-state index in [0.29, 0.717) is 29.5 Å². The molecule has 0 saturated heterocycles. The second-order valence-corrected chi connectivity index (χ2v) is 25.0. The van der Waals surface area contributed by atoms with Crippen LogP contribution in [0.5, 0.6) is 0 Å². The van der Waals surface area contributed by atoms with Crippen molar-refractivity contribution >= 4 is 26.5 Å². The molecule has 0 aromatic carbocycles. The standard InChI is InChI=1S/C24H45F3O4SSi2/c1-17(2)34(18(3)4,19(5)6)31-21-13-11-15-23(16-33(7,8)9)14-10-12-20(22(21)23)30-32(28,29)24(25,26)27/h12,17-19,21-22H,10-11,13-16H2,1-9H3/t21-,22+,23-/m1/s1. The number of halogens is 3. The molecule has 0 unspecified atom stereocenters. The van der Waals surface area contributed by atoms with E-state index in [0.717, 1.165) is 25.3 Å². The Morgan fingerprint density at radius 2 is 1.56 bits per heavy atom. The van der Waals surface area contributed by atoms with Crippen molar-refractivity contribution in [1.82, 2.24) is 0 Å². The third-order valence-corrected chi connectivity index (χ3v) is 16.8. The van der Waals surface area contributed by atoms with Crippen LogP contribution in [-0.4, -0.2) is 36.4 Å². The second-order valence-electron chi connectivity index (χ2n) is 12.6. The molecule has 4 nitrogen and oxygen atoms in total. The predicted octanol–water partition coefficient (Wildman–Crippen LogP) is 8.22. The lowest BCUT2D eigenvalue weighted by molar-refractivity contribution is -0.0584. The minimum Gasteiger partial charge on any atom is -0.412 e. The molecule has 3 atom stereocenters. The highest BCUT2D eigenvalue weighted by Crippen LogP contribution is 2.58. The first-order valence-electron chi connectivity index (χ1n) is 12.7. The van der Waals surface area contributed by atoms with Crippen LogP contribution in [0.15, 0.2) is 11.8 Å². The Kier molecular flexibility index (Phi) is 8.98. The summed E-state index contributed by atoms with van der Waals surface area (Å²) in [5.41, 5.74) is -4.79. The number of rotatable bonds is 9. The molecule has 0 radical (unpaired) electrons. The molecule has 0 aliphatic heterocycles. The molecule has 34 heavy (non-hydrogen) atoms. The molecule has 0 N–H and O–H groups in total. The van der Waals surface area contributed by atoms with E-state index in [1.54, 1.807) is 6.08 Å². The summed E-state index contributed by atoms with van der Waals surface area (Å²) < 4.78 is 76.2. The van der Waals surface area contributed by atoms with Crippen molar-refractivity contribution in [2.75, 3.05) is 0 Å². The molecule has 0 aromatic rings. The molecule has 0 bridgehead atoms. The summed E-state index contributed by atoms with van der Waals surface area (Å²) in [5, 5.41) is 0. The third-order valence-electron chi connectivity index (χ3n) is 7.92. The van der Waals surface area contributed by atoms with E-state index >= 15 is 0 Å². The monoisotopic (exact) mass is 542 g/mol. The van der Waals surface area contributed by atoms with Crippen LogP contribution in [-0.2, 0) is 18.7 Å². The van der Waals surface area contributed by atoms with Gasteiger partial charge in [-0.15, -0.1) is 0 Å². The average molecular weight is 543 g/mol. The van der Waals surface area contributed by atoms with Crippen molar-refractivity contribution in [2.24, 2.45) is 11.3 Å². The van der Waals surface area contributed by atoms with Gasteiger partial charge in [0.15, 0.2) is 0 Å². The van der Waals surface area contributed by atoms with Crippen LogP contribution >= 0.6 is 0 Å². The Balaban J connectivity index is 2.63. The first-order chi connectivity index (χ1) is 15.3. The molecule has 10 heteroatoms. The van der Waals surface area contributed by atoms with Crippen LogP contribution < -0.4 is 0 Å². The number of allylic oxidation sites excluding steroid dienone is 1. The van der Waals surface area contributed by atoms with Gasteiger partial charge >= 0.3 is 15.6 Å². The van der Waals surface area contributed by atoms with Gasteiger partial charge in [-0.05, 0) is 53.8 Å². The smallest absolute Gasteiger partial charge is 0.412 e. The lowest BCUT2D eigenvalue weighted by Crippen LogP contribution is -2.56. The van der Waals surface area contributed by atoms with Crippen molar-refractivity contribution in [1.29, 1.82) is 0 Å². The molecule has 1 saturated carbocycles. The highest BCUT2D eigenvalue weighted by Gasteiger charge is 2.57. The number of alkyl halides is 3. The highest BCUT2D eigenvalue weighted by molar-refractivity contribution is 7.87. The summed E-state index contributed by atoms with van der Waals surface area (Å²) in [6, 6.07) is 0.914. The van der Waals surface area contributed by atoms with Crippen molar-refractivity contribution in [3.8, 4) is 0 Å². The molecule has 0 heterocycles. The molecule has 2 aliphatic rings. The zero-order chi connectivity index (χ0) is 26.3. The minimum atomic E-state index is -5.74. The summed E-state index contributed by atoms with van der Waals surface area (Å²) in [7, 11) is -9.73. The maximum Gasteiger partial charge on any atom is 0.534 e. The zero-order valence-corrected chi connectivity index (χ0v) is 25.2. The van der Waals surface area contributed by atoms with E-state index in [-0.39, 0.29) is 17.3 Å². The molecule has 0 aromatic heterocycles. The van der Waals surface area contributed by atoms with E-state index in [1.807, 2.05) is 0 Å². The van der Waals surface area contributed by atoms with Crippen molar-refractivity contribution < 1.29 is 30.2 Å². The Hall–Kier alpha value is -0.326. The first kappa shape index (κ1) is 29.9. The summed E-state index contributed by atoms with van der Waals surface area (Å²) in [4.78, 5) is 0. The lowest BCUT2D eigenvalue weighted by atomic mass is 9.61. The molecule has 200 valence electrons. The van der Waals surface area contributed by atoms with Gasteiger partial charge in [-0.25, -0.2) is 0 Å². The topological polar surface area (TPSA) is 52.6 Å². The number of hydrogen-bond donors (Lipinski definition) is 0. The molecule has 2 rings (SSSR count). The van der Waals surface area contributed by atoms with Crippen LogP contribution in [0.1, 0.15) is 73.6 Å². The fourth-order valence-electron chi connectivity index (χ4n) is 7.17. The van der Waals surface area contributed by atoms with E-state index < -0.39 is 37.9 Å². The van der Waals surface area contributed by atoms with E-state index in [1.165, 1.54) is 0 Å². The normalized spacial score (nSPS) is 27.2. The maximum absolute atomic E-state index is 13.3. The maximum atomic E-state index is 13.3. The highest BCUT2D eigenvalue weighted by atomic mass is 32.2.